The second kappa shape index (κ2) is 3.13. The van der Waals surface area contributed by atoms with Crippen LogP contribution in [-0.4, -0.2) is 6.10 Å². The number of rotatable bonds is 4. The van der Waals surface area contributed by atoms with Crippen molar-refractivity contribution in [1.29, 1.82) is 0 Å². The number of allylic oxidation sites excluding steroid dienone is 1. The molecule has 0 aromatic carbocycles. The molecule has 0 atom stereocenters. The third-order valence-electron chi connectivity index (χ3n) is 1.33. The fourth-order valence-electron chi connectivity index (χ4n) is 0.941. The minimum absolute atomic E-state index is 0.270. The normalized spacial score (nSPS) is 18.3. The Morgan fingerprint density at radius 1 is 1.20 bits per heavy atom. The standard InChI is InChI=1S/C8H13F5OS/c1-5-8(7(4)14-6(2)3)15(9,10,11,12)13/h5-6H,4H2,1-3H3. The van der Waals surface area contributed by atoms with Gasteiger partial charge in [0, 0.05) is 0 Å². The Morgan fingerprint density at radius 3 is 1.80 bits per heavy atom. The van der Waals surface area contributed by atoms with Crippen molar-refractivity contribution in [3.05, 3.63) is 23.3 Å². The fourth-order valence-corrected chi connectivity index (χ4v) is 1.87. The van der Waals surface area contributed by atoms with Crippen LogP contribution in [0.5, 0.6) is 0 Å². The Balaban J connectivity index is 5.26. The zero-order valence-corrected chi connectivity index (χ0v) is 9.38. The van der Waals surface area contributed by atoms with Gasteiger partial charge < -0.3 is 4.74 Å². The molecule has 0 unspecified atom stereocenters. The predicted octanol–water partition coefficient (Wildman–Crippen LogP) is 5.13. The van der Waals surface area contributed by atoms with E-state index in [1.165, 1.54) is 13.8 Å². The molecule has 0 spiro atoms. The Labute approximate surface area is 85.3 Å². The van der Waals surface area contributed by atoms with Gasteiger partial charge in [-0.1, -0.05) is 32.1 Å². The molecule has 0 aliphatic carbocycles. The van der Waals surface area contributed by atoms with E-state index in [1.54, 1.807) is 0 Å². The summed E-state index contributed by atoms with van der Waals surface area (Å²) in [6.45, 7) is 6.57. The third-order valence-corrected chi connectivity index (χ3v) is 2.63. The van der Waals surface area contributed by atoms with Crippen molar-refractivity contribution in [3.8, 4) is 0 Å². The fraction of sp³-hybridized carbons (Fsp3) is 0.500. The predicted molar refractivity (Wildman–Crippen MR) is 52.2 cm³/mol. The summed E-state index contributed by atoms with van der Waals surface area (Å²) >= 11 is 0. The Morgan fingerprint density at radius 2 is 1.60 bits per heavy atom. The maximum Gasteiger partial charge on any atom is 0.313 e. The second-order valence-corrected chi connectivity index (χ2v) is 5.59. The topological polar surface area (TPSA) is 9.23 Å². The Bertz CT molecular complexity index is 299. The molecule has 0 saturated heterocycles. The molecule has 0 heterocycles. The molecule has 0 aromatic heterocycles. The first-order chi connectivity index (χ1) is 6.27. The average Bonchev–Trinajstić information content (AvgIpc) is 1.78. The number of ether oxygens (including phenoxy) is 1. The van der Waals surface area contributed by atoms with E-state index in [4.69, 9.17) is 0 Å². The Kier molecular flexibility index (Phi) is 2.98. The van der Waals surface area contributed by atoms with Crippen molar-refractivity contribution >= 4 is 10.2 Å². The highest BCUT2D eigenvalue weighted by Gasteiger charge is 2.68. The van der Waals surface area contributed by atoms with Gasteiger partial charge in [0.1, 0.15) is 10.7 Å². The van der Waals surface area contributed by atoms with Crippen LogP contribution in [0.3, 0.4) is 0 Å². The van der Waals surface area contributed by atoms with Gasteiger partial charge in [0.2, 0.25) is 0 Å². The lowest BCUT2D eigenvalue weighted by Crippen LogP contribution is -2.14. The summed E-state index contributed by atoms with van der Waals surface area (Å²) in [5.41, 5.74) is 0. The largest absolute Gasteiger partial charge is 0.490 e. The lowest BCUT2D eigenvalue weighted by Gasteiger charge is -2.42. The van der Waals surface area contributed by atoms with E-state index in [2.05, 4.69) is 11.3 Å². The molecule has 0 rings (SSSR count). The highest BCUT2D eigenvalue weighted by molar-refractivity contribution is 8.48. The maximum absolute atomic E-state index is 12.4. The molecule has 15 heavy (non-hydrogen) atoms. The molecule has 0 saturated carbocycles. The van der Waals surface area contributed by atoms with Crippen LogP contribution >= 0.6 is 10.2 Å². The monoisotopic (exact) mass is 252 g/mol. The van der Waals surface area contributed by atoms with Crippen LogP contribution < -0.4 is 0 Å². The number of hydrogen-bond acceptors (Lipinski definition) is 1. The van der Waals surface area contributed by atoms with Gasteiger partial charge in [0.05, 0.1) is 6.10 Å². The molecule has 0 radical (unpaired) electrons. The van der Waals surface area contributed by atoms with E-state index in [1.807, 2.05) is 0 Å². The van der Waals surface area contributed by atoms with Gasteiger partial charge in [-0.15, -0.1) is 0 Å². The molecule has 0 N–H and O–H groups in total. The molecule has 0 aliphatic heterocycles. The zero-order valence-electron chi connectivity index (χ0n) is 8.57. The minimum atomic E-state index is -9.68. The van der Waals surface area contributed by atoms with Gasteiger partial charge in [0.15, 0.2) is 0 Å². The van der Waals surface area contributed by atoms with Gasteiger partial charge in [-0.25, -0.2) is 0 Å². The highest BCUT2D eigenvalue weighted by Crippen LogP contribution is 3.02. The van der Waals surface area contributed by atoms with Crippen molar-refractivity contribution < 1.29 is 24.2 Å². The SMILES string of the molecule is C=C(OC(C)C)C(=CC)S(F)(F)(F)(F)F. The van der Waals surface area contributed by atoms with E-state index in [9.17, 15) is 19.4 Å². The summed E-state index contributed by atoms with van der Waals surface area (Å²) in [5.74, 6) is -1.05. The molecule has 0 amide bonds. The van der Waals surface area contributed by atoms with E-state index < -0.39 is 27.0 Å². The summed E-state index contributed by atoms with van der Waals surface area (Å²) < 4.78 is 66.4. The van der Waals surface area contributed by atoms with Crippen molar-refractivity contribution in [3.63, 3.8) is 0 Å². The van der Waals surface area contributed by atoms with Gasteiger partial charge in [-0.2, -0.15) is 0 Å². The van der Waals surface area contributed by atoms with Crippen molar-refractivity contribution in [2.24, 2.45) is 0 Å². The van der Waals surface area contributed by atoms with Crippen LogP contribution in [0, 0.1) is 0 Å². The molecule has 0 fully saturated rings. The van der Waals surface area contributed by atoms with Crippen LogP contribution in [-0.2, 0) is 4.74 Å². The minimum Gasteiger partial charge on any atom is -0.490 e. The van der Waals surface area contributed by atoms with E-state index in [0.717, 1.165) is 6.92 Å². The number of hydrogen-bond donors (Lipinski definition) is 0. The summed E-state index contributed by atoms with van der Waals surface area (Å²) in [5, 5.41) is 0. The van der Waals surface area contributed by atoms with Crippen LogP contribution in [0.1, 0.15) is 20.8 Å². The van der Waals surface area contributed by atoms with Crippen LogP contribution in [0.15, 0.2) is 23.3 Å². The lowest BCUT2D eigenvalue weighted by atomic mass is 10.4. The summed E-state index contributed by atoms with van der Waals surface area (Å²) in [6, 6.07) is 0. The van der Waals surface area contributed by atoms with Crippen LogP contribution in [0.4, 0.5) is 19.4 Å². The average molecular weight is 252 g/mol. The van der Waals surface area contributed by atoms with E-state index >= 15 is 0 Å². The quantitative estimate of drug-likeness (QED) is 0.383. The van der Waals surface area contributed by atoms with Gasteiger partial charge in [-0.3, -0.25) is 0 Å². The van der Waals surface area contributed by atoms with Gasteiger partial charge >= 0.3 is 10.2 Å². The van der Waals surface area contributed by atoms with Crippen LogP contribution in [0.2, 0.25) is 0 Å². The molecule has 7 heteroatoms. The first-order valence-electron chi connectivity index (χ1n) is 4.04. The highest BCUT2D eigenvalue weighted by atomic mass is 32.5. The molecular formula is C8H13F5OS. The molecule has 0 aliphatic rings. The smallest absolute Gasteiger partial charge is 0.313 e. The third kappa shape index (κ3) is 4.55. The van der Waals surface area contributed by atoms with Gasteiger partial charge in [-0.05, 0) is 20.8 Å². The van der Waals surface area contributed by atoms with E-state index in [-0.39, 0.29) is 6.08 Å². The van der Waals surface area contributed by atoms with Crippen molar-refractivity contribution in [2.45, 2.75) is 26.9 Å². The first kappa shape index (κ1) is 14.3. The summed E-state index contributed by atoms with van der Waals surface area (Å²) in [4.78, 5) is -2.07. The second-order valence-electron chi connectivity index (χ2n) is 3.21. The first-order valence-corrected chi connectivity index (χ1v) is 5.99. The molecular weight excluding hydrogens is 239 g/mol. The number of halogens is 5. The molecule has 0 bridgehead atoms. The van der Waals surface area contributed by atoms with Gasteiger partial charge in [0.25, 0.3) is 0 Å². The molecule has 0 aromatic rings. The Hall–Kier alpha value is -0.720. The zero-order chi connectivity index (χ0) is 12.6. The van der Waals surface area contributed by atoms with E-state index in [0.29, 0.717) is 0 Å². The summed E-state index contributed by atoms with van der Waals surface area (Å²) in [7, 11) is -9.68. The maximum atomic E-state index is 12.4. The van der Waals surface area contributed by atoms with Crippen molar-refractivity contribution in [2.75, 3.05) is 0 Å². The van der Waals surface area contributed by atoms with Crippen LogP contribution in [0.25, 0.3) is 0 Å². The molecule has 92 valence electrons. The lowest BCUT2D eigenvalue weighted by molar-refractivity contribution is 0.155. The van der Waals surface area contributed by atoms with Crippen molar-refractivity contribution in [1.82, 2.24) is 0 Å². The molecule has 1 nitrogen and oxygen atoms in total. The summed E-state index contributed by atoms with van der Waals surface area (Å²) in [6.07, 6.45) is -0.376.